The zero-order chi connectivity index (χ0) is 16.3. The Morgan fingerprint density at radius 2 is 1.87 bits per heavy atom. The van der Waals surface area contributed by atoms with Gasteiger partial charge in [0, 0.05) is 6.61 Å². The molecule has 2 rings (SSSR count). The summed E-state index contributed by atoms with van der Waals surface area (Å²) in [6, 6.07) is 9.11. The van der Waals surface area contributed by atoms with E-state index in [-0.39, 0.29) is 0 Å². The van der Waals surface area contributed by atoms with Gasteiger partial charge in [-0.2, -0.15) is 0 Å². The smallest absolute Gasteiger partial charge is 0.0716 e. The van der Waals surface area contributed by atoms with E-state index in [2.05, 4.69) is 49.9 Å². The minimum atomic E-state index is 0.728. The number of unbranched alkanes of at least 4 members (excludes halogenated alkanes) is 1. The SMILES string of the molecule is C=CCCCOCc1ccc([C@H]2CC[C@H](C=CCC)CC2)cc1. The molecule has 23 heavy (non-hydrogen) atoms. The van der Waals surface area contributed by atoms with Crippen molar-refractivity contribution >= 4 is 0 Å². The van der Waals surface area contributed by atoms with Crippen molar-refractivity contribution in [1.29, 1.82) is 0 Å². The first-order valence-electron chi connectivity index (χ1n) is 9.27. The molecule has 0 amide bonds. The van der Waals surface area contributed by atoms with Crippen LogP contribution in [0.5, 0.6) is 0 Å². The van der Waals surface area contributed by atoms with E-state index in [9.17, 15) is 0 Å². The van der Waals surface area contributed by atoms with Crippen LogP contribution in [0.2, 0.25) is 0 Å². The molecule has 1 aliphatic rings. The van der Waals surface area contributed by atoms with Gasteiger partial charge in [0.25, 0.3) is 0 Å². The number of allylic oxidation sites excluding steroid dienone is 3. The van der Waals surface area contributed by atoms with Crippen LogP contribution in [0.4, 0.5) is 0 Å². The van der Waals surface area contributed by atoms with Gasteiger partial charge >= 0.3 is 0 Å². The van der Waals surface area contributed by atoms with Gasteiger partial charge in [-0.1, -0.05) is 49.4 Å². The van der Waals surface area contributed by atoms with Gasteiger partial charge in [0.15, 0.2) is 0 Å². The summed E-state index contributed by atoms with van der Waals surface area (Å²) in [6.45, 7) is 7.50. The second-order valence-corrected chi connectivity index (χ2v) is 6.67. The molecule has 1 fully saturated rings. The molecule has 0 aromatic heterocycles. The van der Waals surface area contributed by atoms with Crippen LogP contribution >= 0.6 is 0 Å². The van der Waals surface area contributed by atoms with Gasteiger partial charge in [0.1, 0.15) is 0 Å². The molecule has 1 aromatic carbocycles. The number of hydrogen-bond donors (Lipinski definition) is 0. The van der Waals surface area contributed by atoms with Gasteiger partial charge in [-0.25, -0.2) is 0 Å². The van der Waals surface area contributed by atoms with Crippen LogP contribution in [0.3, 0.4) is 0 Å². The third-order valence-electron chi connectivity index (χ3n) is 4.83. The molecule has 1 aliphatic carbocycles. The summed E-state index contributed by atoms with van der Waals surface area (Å²) in [5.74, 6) is 1.57. The molecular formula is C22H32O. The first-order chi connectivity index (χ1) is 11.3. The number of hydrogen-bond acceptors (Lipinski definition) is 1. The first kappa shape index (κ1) is 18.0. The molecule has 0 unspecified atom stereocenters. The molecule has 1 saturated carbocycles. The molecule has 0 bridgehead atoms. The van der Waals surface area contributed by atoms with E-state index in [0.29, 0.717) is 0 Å². The molecule has 0 saturated heterocycles. The second kappa shape index (κ2) is 10.4. The minimum Gasteiger partial charge on any atom is -0.377 e. The lowest BCUT2D eigenvalue weighted by atomic mass is 9.78. The Morgan fingerprint density at radius 3 is 2.52 bits per heavy atom. The summed E-state index contributed by atoms with van der Waals surface area (Å²) in [5.41, 5.74) is 2.80. The van der Waals surface area contributed by atoms with Crippen molar-refractivity contribution in [2.24, 2.45) is 5.92 Å². The second-order valence-electron chi connectivity index (χ2n) is 6.67. The predicted molar refractivity (Wildman–Crippen MR) is 99.7 cm³/mol. The zero-order valence-corrected chi connectivity index (χ0v) is 14.7. The fraction of sp³-hybridized carbons (Fsp3) is 0.545. The highest BCUT2D eigenvalue weighted by Crippen LogP contribution is 2.36. The lowest BCUT2D eigenvalue weighted by Crippen LogP contribution is -2.11. The predicted octanol–water partition coefficient (Wildman–Crippen LogP) is 6.41. The molecule has 0 heterocycles. The highest BCUT2D eigenvalue weighted by molar-refractivity contribution is 5.25. The lowest BCUT2D eigenvalue weighted by molar-refractivity contribution is 0.119. The Hall–Kier alpha value is -1.34. The van der Waals surface area contributed by atoms with E-state index < -0.39 is 0 Å². The average Bonchev–Trinajstić information content (AvgIpc) is 2.61. The molecule has 0 spiro atoms. The van der Waals surface area contributed by atoms with E-state index in [1.165, 1.54) is 36.8 Å². The van der Waals surface area contributed by atoms with Crippen LogP contribution in [0.15, 0.2) is 49.1 Å². The van der Waals surface area contributed by atoms with Crippen molar-refractivity contribution < 1.29 is 4.74 Å². The van der Waals surface area contributed by atoms with Gasteiger partial charge in [0.2, 0.25) is 0 Å². The summed E-state index contributed by atoms with van der Waals surface area (Å²) in [6.07, 6.45) is 15.3. The summed E-state index contributed by atoms with van der Waals surface area (Å²) in [7, 11) is 0. The van der Waals surface area contributed by atoms with Crippen LogP contribution in [0.1, 0.15) is 68.9 Å². The third kappa shape index (κ3) is 6.35. The average molecular weight is 312 g/mol. The molecule has 0 N–H and O–H groups in total. The lowest BCUT2D eigenvalue weighted by Gasteiger charge is -2.27. The monoisotopic (exact) mass is 312 g/mol. The Morgan fingerprint density at radius 1 is 1.13 bits per heavy atom. The zero-order valence-electron chi connectivity index (χ0n) is 14.7. The molecule has 0 aliphatic heterocycles. The molecular weight excluding hydrogens is 280 g/mol. The Labute approximate surface area is 142 Å². The number of rotatable bonds is 9. The highest BCUT2D eigenvalue weighted by atomic mass is 16.5. The van der Waals surface area contributed by atoms with Crippen LogP contribution in [-0.2, 0) is 11.3 Å². The van der Waals surface area contributed by atoms with Gasteiger partial charge < -0.3 is 4.74 Å². The van der Waals surface area contributed by atoms with E-state index in [1.807, 2.05) is 6.08 Å². The van der Waals surface area contributed by atoms with Crippen LogP contribution in [0, 0.1) is 5.92 Å². The fourth-order valence-electron chi connectivity index (χ4n) is 3.38. The number of ether oxygens (including phenoxy) is 1. The maximum atomic E-state index is 5.70. The van der Waals surface area contributed by atoms with Crippen molar-refractivity contribution in [2.45, 2.75) is 64.4 Å². The van der Waals surface area contributed by atoms with Crippen LogP contribution in [-0.4, -0.2) is 6.61 Å². The summed E-state index contributed by atoms with van der Waals surface area (Å²) in [5, 5.41) is 0. The summed E-state index contributed by atoms with van der Waals surface area (Å²) < 4.78 is 5.70. The molecule has 1 aromatic rings. The van der Waals surface area contributed by atoms with Crippen molar-refractivity contribution in [3.8, 4) is 0 Å². The highest BCUT2D eigenvalue weighted by Gasteiger charge is 2.20. The third-order valence-corrected chi connectivity index (χ3v) is 4.83. The number of benzene rings is 1. The summed E-state index contributed by atoms with van der Waals surface area (Å²) >= 11 is 0. The van der Waals surface area contributed by atoms with Crippen molar-refractivity contribution in [2.75, 3.05) is 6.61 Å². The van der Waals surface area contributed by atoms with Crippen LogP contribution < -0.4 is 0 Å². The van der Waals surface area contributed by atoms with Gasteiger partial charge in [-0.3, -0.25) is 0 Å². The van der Waals surface area contributed by atoms with E-state index >= 15 is 0 Å². The van der Waals surface area contributed by atoms with Gasteiger partial charge in [-0.15, -0.1) is 6.58 Å². The molecule has 126 valence electrons. The molecule has 1 nitrogen and oxygen atoms in total. The first-order valence-corrected chi connectivity index (χ1v) is 9.27. The van der Waals surface area contributed by atoms with Crippen molar-refractivity contribution in [3.63, 3.8) is 0 Å². The minimum absolute atomic E-state index is 0.728. The van der Waals surface area contributed by atoms with E-state index in [1.54, 1.807) is 0 Å². The van der Waals surface area contributed by atoms with Crippen molar-refractivity contribution in [1.82, 2.24) is 0 Å². The fourth-order valence-corrected chi connectivity index (χ4v) is 3.38. The molecule has 1 heteroatoms. The molecule has 0 radical (unpaired) electrons. The van der Waals surface area contributed by atoms with Gasteiger partial charge in [-0.05, 0) is 67.9 Å². The Balaban J connectivity index is 1.74. The topological polar surface area (TPSA) is 9.23 Å². The van der Waals surface area contributed by atoms with E-state index in [4.69, 9.17) is 4.74 Å². The van der Waals surface area contributed by atoms with Crippen molar-refractivity contribution in [3.05, 3.63) is 60.2 Å². The van der Waals surface area contributed by atoms with Gasteiger partial charge in [0.05, 0.1) is 6.61 Å². The maximum Gasteiger partial charge on any atom is 0.0716 e. The Kier molecular flexibility index (Phi) is 8.17. The standard InChI is InChI=1S/C22H32O/c1-3-5-7-17-23-18-20-11-15-22(16-12-20)21-13-9-19(10-14-21)8-6-4-2/h3,6,8,11-12,15-16,19,21H,1,4-5,7,9-10,13-14,17-18H2,2H3/t19-,21-. The normalized spacial score (nSPS) is 21.6. The maximum absolute atomic E-state index is 5.70. The summed E-state index contributed by atoms with van der Waals surface area (Å²) in [4.78, 5) is 0. The largest absolute Gasteiger partial charge is 0.377 e. The van der Waals surface area contributed by atoms with Crippen LogP contribution in [0.25, 0.3) is 0 Å². The molecule has 0 atom stereocenters. The quantitative estimate of drug-likeness (QED) is 0.378. The Bertz CT molecular complexity index is 463. The van der Waals surface area contributed by atoms with E-state index in [0.717, 1.165) is 44.3 Å².